The van der Waals surface area contributed by atoms with E-state index in [1.807, 2.05) is 6.92 Å². The average Bonchev–Trinajstić information content (AvgIpc) is 1.37. The van der Waals surface area contributed by atoms with E-state index in [0.717, 1.165) is 6.42 Å². The summed E-state index contributed by atoms with van der Waals surface area (Å²) < 4.78 is 0. The second-order valence-electron chi connectivity index (χ2n) is 0.604. The van der Waals surface area contributed by atoms with E-state index in [2.05, 4.69) is 12.7 Å². The largest absolute Gasteiger partial charge is 3.00 e. The van der Waals surface area contributed by atoms with E-state index in [-0.39, 0.29) is 40.1 Å². The van der Waals surface area contributed by atoms with E-state index in [4.69, 9.17) is 0 Å². The number of rotatable bonds is 1. The van der Waals surface area contributed by atoms with Crippen LogP contribution in [0.5, 0.6) is 0 Å². The van der Waals surface area contributed by atoms with Crippen molar-refractivity contribution < 1.29 is 32.7 Å². The number of hydrogen-bond acceptors (Lipinski definition) is 0. The molecule has 0 fully saturated rings. The Kier molecular flexibility index (Phi) is 44.7. The zero-order valence-corrected chi connectivity index (χ0v) is 7.33. The van der Waals surface area contributed by atoms with Gasteiger partial charge in [-0.25, -0.2) is 0 Å². The molecule has 0 radical (unpaired) electrons. The van der Waals surface area contributed by atoms with Crippen molar-refractivity contribution in [2.45, 2.75) is 13.3 Å². The van der Waals surface area contributed by atoms with Crippen molar-refractivity contribution in [3.8, 4) is 0 Å². The van der Waals surface area contributed by atoms with Gasteiger partial charge in [-0.15, -0.1) is 0 Å². The Balaban J connectivity index is -0.0000000450. The molecule has 0 bridgehead atoms. The van der Waals surface area contributed by atoms with Gasteiger partial charge in [-0.2, -0.15) is 6.42 Å². The predicted octanol–water partition coefficient (Wildman–Crippen LogP) is 1.83. The molecule has 0 nitrogen and oxygen atoms in total. The van der Waals surface area contributed by atoms with Gasteiger partial charge >= 0.3 is 32.7 Å². The van der Waals surface area contributed by atoms with Crippen LogP contribution in [0.1, 0.15) is 13.3 Å². The molecule has 0 spiro atoms. The molecule has 0 aliphatic heterocycles. The summed E-state index contributed by atoms with van der Waals surface area (Å²) in [5, 5.41) is 0. The molecular weight excluding hydrogens is 149 g/mol. The van der Waals surface area contributed by atoms with Crippen molar-refractivity contribution in [3.05, 3.63) is 20.1 Å². The minimum absolute atomic E-state index is 0. The summed E-state index contributed by atoms with van der Waals surface area (Å²) in [6.45, 7) is 5.36. The van der Waals surface area contributed by atoms with Crippen molar-refractivity contribution in [2.24, 2.45) is 0 Å². The second-order valence-corrected chi connectivity index (χ2v) is 0.604. The Morgan fingerprint density at radius 1 is 1.67 bits per heavy atom. The van der Waals surface area contributed by atoms with Crippen molar-refractivity contribution in [1.29, 1.82) is 0 Å². The Morgan fingerprint density at radius 3 is 1.83 bits per heavy atom. The van der Waals surface area contributed by atoms with Gasteiger partial charge < -0.3 is 13.5 Å². The van der Waals surface area contributed by atoms with Gasteiger partial charge in [0, 0.05) is 0 Å². The molecule has 32 valence electrons. The van der Waals surface area contributed by atoms with Crippen LogP contribution in [0.2, 0.25) is 0 Å². The first-order valence-electron chi connectivity index (χ1n) is 1.41. The monoisotopic (exact) mass is 159 g/mol. The summed E-state index contributed by atoms with van der Waals surface area (Å²) in [6, 6.07) is 0. The third kappa shape index (κ3) is 21.1. The fourth-order valence-corrected chi connectivity index (χ4v) is 0. The summed E-state index contributed by atoms with van der Waals surface area (Å²) >= 11 is 0. The number of allylic oxidation sites excluding steroid dienone is 1. The zero-order chi connectivity index (χ0) is 3.41. The normalized spacial score (nSPS) is 4.17. The molecule has 0 heterocycles. The molecular formula is C5H10Y+. The molecule has 0 N–H and O–H groups in total. The Labute approximate surface area is 65.9 Å². The average molecular weight is 159 g/mol. The van der Waals surface area contributed by atoms with Gasteiger partial charge in [-0.1, -0.05) is 6.92 Å². The molecule has 0 saturated heterocycles. The standard InChI is InChI=1S/C4H7.CH3.Y/c1-3-4-2;;/h1,4H2,2H3;1H3;/q2*-1;+3. The molecule has 1 heteroatoms. The van der Waals surface area contributed by atoms with Crippen LogP contribution < -0.4 is 0 Å². The van der Waals surface area contributed by atoms with Gasteiger partial charge in [0.15, 0.2) is 0 Å². The Morgan fingerprint density at radius 2 is 1.83 bits per heavy atom. The molecule has 0 atom stereocenters. The Bertz CT molecular complexity index is 17.9. The van der Waals surface area contributed by atoms with E-state index in [0.29, 0.717) is 0 Å². The van der Waals surface area contributed by atoms with Crippen LogP contribution in [-0.4, -0.2) is 0 Å². The summed E-state index contributed by atoms with van der Waals surface area (Å²) in [5.74, 6) is 0. The van der Waals surface area contributed by atoms with Gasteiger partial charge in [-0.05, 0) is 0 Å². The van der Waals surface area contributed by atoms with E-state index in [1.165, 1.54) is 0 Å². The maximum absolute atomic E-state index is 3.35. The third-order valence-corrected chi connectivity index (χ3v) is 0.250. The van der Waals surface area contributed by atoms with Gasteiger partial charge in [-0.3, -0.25) is 6.58 Å². The molecule has 0 rings (SSSR count). The van der Waals surface area contributed by atoms with Crippen molar-refractivity contribution in [3.63, 3.8) is 0 Å². The van der Waals surface area contributed by atoms with E-state index >= 15 is 0 Å². The van der Waals surface area contributed by atoms with Gasteiger partial charge in [0.25, 0.3) is 0 Å². The van der Waals surface area contributed by atoms with Crippen LogP contribution in [0.3, 0.4) is 0 Å². The Hall–Kier alpha value is 0.844. The van der Waals surface area contributed by atoms with Crippen molar-refractivity contribution >= 4 is 0 Å². The summed E-state index contributed by atoms with van der Waals surface area (Å²) in [4.78, 5) is 0. The molecule has 0 aromatic heterocycles. The first-order valence-corrected chi connectivity index (χ1v) is 1.41. The van der Waals surface area contributed by atoms with E-state index in [1.54, 1.807) is 0 Å². The smallest absolute Gasteiger partial charge is 0.504 e. The van der Waals surface area contributed by atoms with Crippen LogP contribution >= 0.6 is 0 Å². The third-order valence-electron chi connectivity index (χ3n) is 0.250. The fraction of sp³-hybridized carbons (Fsp3) is 0.400. The summed E-state index contributed by atoms with van der Waals surface area (Å²) in [7, 11) is 0. The molecule has 0 aromatic rings. The summed E-state index contributed by atoms with van der Waals surface area (Å²) in [5.41, 5.74) is 0. The first-order chi connectivity index (χ1) is 1.91. The van der Waals surface area contributed by atoms with Gasteiger partial charge in [0.05, 0.1) is 0 Å². The molecule has 0 aromatic carbocycles. The second kappa shape index (κ2) is 17.0. The molecule has 0 aliphatic rings. The maximum atomic E-state index is 3.35. The van der Waals surface area contributed by atoms with E-state index in [9.17, 15) is 0 Å². The first kappa shape index (κ1) is 15.8. The minimum atomic E-state index is 0. The van der Waals surface area contributed by atoms with Gasteiger partial charge in [0.2, 0.25) is 0 Å². The molecule has 6 heavy (non-hydrogen) atoms. The van der Waals surface area contributed by atoms with Crippen LogP contribution in [0.4, 0.5) is 0 Å². The number of hydrogen-bond donors (Lipinski definition) is 0. The molecule has 0 unspecified atom stereocenters. The quantitative estimate of drug-likeness (QED) is 0.512. The van der Waals surface area contributed by atoms with Crippen LogP contribution in [0, 0.1) is 13.5 Å². The molecule has 0 amide bonds. The fourth-order valence-electron chi connectivity index (χ4n) is 0. The summed E-state index contributed by atoms with van der Waals surface area (Å²) in [6.07, 6.45) is 3.64. The topological polar surface area (TPSA) is 0 Å². The van der Waals surface area contributed by atoms with Crippen LogP contribution in [-0.2, 0) is 32.7 Å². The predicted molar refractivity (Wildman–Crippen MR) is 25.6 cm³/mol. The minimum Gasteiger partial charge on any atom is -0.504 e. The molecule has 0 saturated carbocycles. The van der Waals surface area contributed by atoms with Crippen LogP contribution in [0.15, 0.2) is 6.58 Å². The SMILES string of the molecule is C=[C-]CC.[CH3-].[Y+3]. The zero-order valence-electron chi connectivity index (χ0n) is 4.49. The van der Waals surface area contributed by atoms with Crippen molar-refractivity contribution in [1.82, 2.24) is 0 Å². The van der Waals surface area contributed by atoms with Crippen molar-refractivity contribution in [2.75, 3.05) is 0 Å². The molecule has 0 aliphatic carbocycles. The van der Waals surface area contributed by atoms with Crippen LogP contribution in [0.25, 0.3) is 0 Å². The maximum Gasteiger partial charge on any atom is 3.00 e. The van der Waals surface area contributed by atoms with E-state index < -0.39 is 0 Å². The van der Waals surface area contributed by atoms with Gasteiger partial charge in [0.1, 0.15) is 0 Å².